The van der Waals surface area contributed by atoms with Crippen molar-refractivity contribution in [1.29, 1.82) is 0 Å². The first kappa shape index (κ1) is 37.8. The fraction of sp³-hybridized carbons (Fsp3) is 0.0959. The monoisotopic (exact) mass is 1240 g/mol. The summed E-state index contributed by atoms with van der Waals surface area (Å²) in [6.07, 6.45) is 0. The third kappa shape index (κ3) is 7.73. The van der Waals surface area contributed by atoms with Crippen LogP contribution in [-0.4, -0.2) is 21.1 Å². The molecule has 0 unspecified atom stereocenters. The molecule has 3 aliphatic heterocycles. The molecule has 0 N–H and O–H groups in total. The molecular formula is C73H56BN5OPt. The number of pyridine rings is 1. The molecule has 0 atom stereocenters. The summed E-state index contributed by atoms with van der Waals surface area (Å²) in [7, 11) is 0. The van der Waals surface area contributed by atoms with E-state index in [-0.39, 0.29) is 57.2 Å². The van der Waals surface area contributed by atoms with Gasteiger partial charge in [-0.3, -0.25) is 0 Å². The molecule has 0 spiro atoms. The number of ether oxygens (including phenoxy) is 1. The zero-order chi connectivity index (χ0) is 64.9. The number of rotatable bonds is 8. The quantitative estimate of drug-likeness (QED) is 0.142. The van der Waals surface area contributed by atoms with Gasteiger partial charge in [0.05, 0.1) is 0 Å². The Morgan fingerprint density at radius 3 is 1.91 bits per heavy atom. The normalized spacial score (nSPS) is 15.4. The van der Waals surface area contributed by atoms with Crippen molar-refractivity contribution >= 4 is 46.4 Å². The Balaban J connectivity index is 0.968. The van der Waals surface area contributed by atoms with E-state index in [1.165, 1.54) is 6.07 Å². The van der Waals surface area contributed by atoms with Gasteiger partial charge in [-0.2, -0.15) is 0 Å². The van der Waals surface area contributed by atoms with Gasteiger partial charge in [-0.05, 0) is 30.1 Å². The molecule has 81 heavy (non-hydrogen) atoms. The molecule has 8 heteroatoms. The second kappa shape index (κ2) is 18.8. The third-order valence-electron chi connectivity index (χ3n) is 15.9. The van der Waals surface area contributed by atoms with Crippen molar-refractivity contribution in [2.45, 2.75) is 46.7 Å². The minimum atomic E-state index is -2.78. The first-order valence-corrected chi connectivity index (χ1v) is 28.0. The van der Waals surface area contributed by atoms with Crippen LogP contribution in [0.3, 0.4) is 0 Å². The molecule has 6 nitrogen and oxygen atoms in total. The van der Waals surface area contributed by atoms with Crippen molar-refractivity contribution in [2.24, 2.45) is 0 Å². The molecule has 0 fully saturated rings. The van der Waals surface area contributed by atoms with Crippen LogP contribution < -0.4 is 19.8 Å². The predicted octanol–water partition coefficient (Wildman–Crippen LogP) is 18.2. The van der Waals surface area contributed by atoms with Crippen molar-refractivity contribution in [1.82, 2.24) is 14.1 Å². The molecule has 0 amide bonds. The van der Waals surface area contributed by atoms with Crippen molar-refractivity contribution in [2.75, 3.05) is 9.62 Å². The van der Waals surface area contributed by atoms with Gasteiger partial charge in [-0.1, -0.05) is 36.4 Å². The van der Waals surface area contributed by atoms with Gasteiger partial charge in [-0.25, -0.2) is 0 Å². The van der Waals surface area contributed by atoms with Gasteiger partial charge in [0, 0.05) is 15.4 Å². The molecule has 0 bridgehead atoms. The van der Waals surface area contributed by atoms with Crippen LogP contribution in [0.1, 0.15) is 59.5 Å². The van der Waals surface area contributed by atoms with Gasteiger partial charge in [0.25, 0.3) is 0 Å². The molecule has 15 rings (SSSR count). The summed E-state index contributed by atoms with van der Waals surface area (Å²) >= 11 is 2.26. The fourth-order valence-corrected chi connectivity index (χ4v) is 13.4. The van der Waals surface area contributed by atoms with Gasteiger partial charge < -0.3 is 0 Å². The molecule has 392 valence electrons. The molecule has 5 heterocycles. The Bertz CT molecular complexity index is 5170. The number of hydrogen-bond donors (Lipinski definition) is 0. The topological polar surface area (TPSA) is 38.5 Å². The first-order chi connectivity index (χ1) is 44.4. The van der Waals surface area contributed by atoms with E-state index in [0.717, 1.165) is 33.5 Å². The maximum absolute atomic E-state index is 10.0. The van der Waals surface area contributed by atoms with E-state index in [1.54, 1.807) is 36.4 Å². The van der Waals surface area contributed by atoms with Gasteiger partial charge in [0.15, 0.2) is 0 Å². The number of aromatic nitrogens is 3. The Hall–Kier alpha value is -9.03. The summed E-state index contributed by atoms with van der Waals surface area (Å²) in [5.74, 6) is 0.694. The number of nitrogens with zero attached hydrogens (tertiary/aromatic N) is 5. The Kier molecular flexibility index (Phi) is 8.76. The molecular weight excluding hydrogens is 1170 g/mol. The van der Waals surface area contributed by atoms with Crippen LogP contribution in [-0.2, 0) is 24.8 Å². The van der Waals surface area contributed by atoms with E-state index in [4.69, 9.17) is 17.9 Å². The molecule has 0 aliphatic carbocycles. The molecule has 3 aliphatic rings. The SMILES string of the molecule is [2H]c1c([2H])c(-c2cccc(C([2H])([2H])[2H])c2)c(-n2[c](=[Pt])n(-c3cccc(Oc4nc5c(c(C([2H])([2H])[2H])c4-c4ccccc4)-c4cccc6c4B4N(c7ccccc7N45)c4cccc(C([2H])([2H])[2H])c4-6)c3)c3ccccc32)c(-c2cc(-c3ccccc3)cc(C(C)(C)C)c2)c1[2H]. The van der Waals surface area contributed by atoms with Crippen LogP contribution in [0.25, 0.3) is 89.2 Å². The van der Waals surface area contributed by atoms with Crippen molar-refractivity contribution in [3.63, 3.8) is 0 Å². The summed E-state index contributed by atoms with van der Waals surface area (Å²) < 4.78 is 122. The van der Waals surface area contributed by atoms with Gasteiger partial charge in [0.1, 0.15) is 0 Å². The number of benzene rings is 10. The summed E-state index contributed by atoms with van der Waals surface area (Å²) in [5, 5.41) is 0. The van der Waals surface area contributed by atoms with Gasteiger partial charge in [0.2, 0.25) is 0 Å². The van der Waals surface area contributed by atoms with Crippen molar-refractivity contribution < 1.29 is 40.5 Å². The molecule has 0 saturated heterocycles. The summed E-state index contributed by atoms with van der Waals surface area (Å²) in [6.45, 7) is -1.98. The van der Waals surface area contributed by atoms with Crippen LogP contribution in [0.15, 0.2) is 230 Å². The first-order valence-electron chi connectivity index (χ1n) is 32.9. The van der Waals surface area contributed by atoms with Gasteiger partial charge in [-0.15, -0.1) is 0 Å². The average Bonchev–Trinajstić information content (AvgIpc) is 1.61. The number of anilines is 4. The van der Waals surface area contributed by atoms with E-state index >= 15 is 0 Å². The number of aryl methyl sites for hydroxylation is 2. The van der Waals surface area contributed by atoms with Crippen LogP contribution in [0.2, 0.25) is 0 Å². The average molecular weight is 1240 g/mol. The molecule has 12 aromatic rings. The zero-order valence-electron chi connectivity index (χ0n) is 56.2. The minimum absolute atomic E-state index is 0.00999. The van der Waals surface area contributed by atoms with Crippen LogP contribution in [0.4, 0.5) is 22.9 Å². The van der Waals surface area contributed by atoms with E-state index in [0.29, 0.717) is 88.0 Å². The third-order valence-corrected chi connectivity index (χ3v) is 17.0. The number of hydrogen-bond acceptors (Lipinski definition) is 4. The second-order valence-corrected chi connectivity index (χ2v) is 22.8. The molecule has 0 radical (unpaired) electrons. The number of imidazole rings is 1. The summed E-state index contributed by atoms with van der Waals surface area (Å²) in [4.78, 5) is 9.72. The number of fused-ring (bicyclic) bond motifs is 10. The van der Waals surface area contributed by atoms with Crippen molar-refractivity contribution in [3.8, 4) is 89.8 Å². The van der Waals surface area contributed by atoms with E-state index in [2.05, 4.69) is 61.9 Å². The fourth-order valence-electron chi connectivity index (χ4n) is 12.3. The maximum atomic E-state index is 10.0. The Morgan fingerprint density at radius 2 is 1.16 bits per heavy atom. The van der Waals surface area contributed by atoms with Crippen molar-refractivity contribution in [3.05, 3.63) is 257 Å². The van der Waals surface area contributed by atoms with Crippen LogP contribution >= 0.6 is 0 Å². The molecule has 2 aromatic heterocycles. The summed E-state index contributed by atoms with van der Waals surface area (Å²) in [6, 6.07) is 65.3. The van der Waals surface area contributed by atoms with Gasteiger partial charge >= 0.3 is 422 Å². The van der Waals surface area contributed by atoms with E-state index in [9.17, 15) is 8.22 Å². The predicted molar refractivity (Wildman–Crippen MR) is 332 cm³/mol. The number of para-hydroxylation sites is 5. The zero-order valence-corrected chi connectivity index (χ0v) is 46.5. The molecule has 0 saturated carbocycles. The Morgan fingerprint density at radius 1 is 0.519 bits per heavy atom. The Labute approximate surface area is 501 Å². The van der Waals surface area contributed by atoms with Crippen LogP contribution in [0.5, 0.6) is 11.6 Å². The second-order valence-electron chi connectivity index (χ2n) is 21.8. The van der Waals surface area contributed by atoms with E-state index in [1.807, 2.05) is 167 Å². The molecule has 10 aromatic carbocycles. The van der Waals surface area contributed by atoms with Crippen LogP contribution in [0, 0.1) is 24.4 Å². The standard InChI is InChI=1S/C73H56BN5O.Pt/c1-46-22-17-28-51(40-46)57-31-20-32-58(53-41-52(49-24-9-7-10-25-49)42-54(43-53)73(4,5)6)70(57)77-45-76(61-35-13-14-36-62(61)77)55-29-19-30-56(44-55)80-72-67(50-26-11-8-12-27-50)48(3)68-60-34-21-33-59-66-47(2)23-18-39-65(66)78-63-37-15-16-38-64(63)79(71(68)75-72)74(78)69(59)60;/h7-44H,1-6H3;/i1D3,2D3,3D3,20D,31D,32D;. The summed E-state index contributed by atoms with van der Waals surface area (Å²) in [5.41, 5.74) is 12.8. The van der Waals surface area contributed by atoms with E-state index < -0.39 is 27.5 Å².